The fraction of sp³-hybridized carbons (Fsp3) is 0.333. The van der Waals surface area contributed by atoms with Crippen LogP contribution in [0.5, 0.6) is 5.75 Å². The topological polar surface area (TPSA) is 78.9 Å². The highest BCUT2D eigenvalue weighted by Crippen LogP contribution is 2.31. The molecule has 2 N–H and O–H groups in total. The first kappa shape index (κ1) is 19.8. The highest BCUT2D eigenvalue weighted by atomic mass is 19.1. The zero-order valence-electron chi connectivity index (χ0n) is 15.7. The van der Waals surface area contributed by atoms with Crippen molar-refractivity contribution in [3.05, 3.63) is 59.4 Å². The van der Waals surface area contributed by atoms with E-state index in [-0.39, 0.29) is 11.8 Å². The number of piperidine rings is 1. The molecule has 0 aliphatic carbocycles. The number of carbonyl (C=O) groups excluding carboxylic acids is 1. The van der Waals surface area contributed by atoms with Crippen molar-refractivity contribution in [2.45, 2.75) is 19.4 Å². The predicted molar refractivity (Wildman–Crippen MR) is 103 cm³/mol. The maximum atomic E-state index is 13.1. The van der Waals surface area contributed by atoms with Gasteiger partial charge >= 0.3 is 5.97 Å². The fourth-order valence-corrected chi connectivity index (χ4v) is 3.42. The molecular weight excluding hydrogens is 363 g/mol. The molecule has 1 heterocycles. The van der Waals surface area contributed by atoms with Gasteiger partial charge in [0.05, 0.1) is 18.7 Å². The highest BCUT2D eigenvalue weighted by molar-refractivity contribution is 6.05. The molecule has 2 aromatic carbocycles. The Bertz CT molecular complexity index is 846. The van der Waals surface area contributed by atoms with Crippen molar-refractivity contribution >= 4 is 17.6 Å². The molecule has 1 fully saturated rings. The number of para-hydroxylation sites is 1. The Morgan fingerprint density at radius 3 is 2.46 bits per heavy atom. The molecule has 0 bridgehead atoms. The lowest BCUT2D eigenvalue weighted by atomic mass is 9.96. The van der Waals surface area contributed by atoms with Crippen LogP contribution in [0.1, 0.15) is 28.8 Å². The van der Waals surface area contributed by atoms with E-state index in [0.717, 1.165) is 5.56 Å². The number of anilines is 1. The quantitative estimate of drug-likeness (QED) is 0.796. The lowest BCUT2D eigenvalue weighted by Gasteiger charge is -2.30. The van der Waals surface area contributed by atoms with Crippen molar-refractivity contribution < 1.29 is 23.8 Å². The predicted octanol–water partition coefficient (Wildman–Crippen LogP) is 3.38. The van der Waals surface area contributed by atoms with Gasteiger partial charge in [-0.05, 0) is 56.3 Å². The number of carboxylic acid groups (broad SMARTS) is 1. The molecule has 1 amide bonds. The number of nitrogens with one attached hydrogen (secondary N) is 1. The number of ether oxygens (including phenoxy) is 1. The van der Waals surface area contributed by atoms with Crippen LogP contribution in [-0.2, 0) is 11.3 Å². The minimum atomic E-state index is -0.734. The number of rotatable bonds is 6. The third-order valence-corrected chi connectivity index (χ3v) is 4.99. The molecule has 6 nitrogen and oxygen atoms in total. The number of likely N-dealkylation sites (tertiary alicyclic amines) is 1. The summed E-state index contributed by atoms with van der Waals surface area (Å²) >= 11 is 0. The van der Waals surface area contributed by atoms with Crippen LogP contribution in [0.4, 0.5) is 10.1 Å². The van der Waals surface area contributed by atoms with E-state index < -0.39 is 11.8 Å². The van der Waals surface area contributed by atoms with Crippen LogP contribution in [0.2, 0.25) is 0 Å². The first-order valence-corrected chi connectivity index (χ1v) is 9.16. The van der Waals surface area contributed by atoms with Gasteiger partial charge in [-0.25, -0.2) is 4.39 Å². The normalized spacial score (nSPS) is 15.2. The van der Waals surface area contributed by atoms with Crippen LogP contribution < -0.4 is 10.1 Å². The second-order valence-corrected chi connectivity index (χ2v) is 6.85. The Labute approximate surface area is 162 Å². The van der Waals surface area contributed by atoms with Crippen molar-refractivity contribution in [1.29, 1.82) is 0 Å². The standard InChI is InChI=1S/C21H23FN2O4/c1-28-19-16(13-24-11-9-15(10-12-24)21(26)27)3-2-4-18(19)23-20(25)14-5-7-17(22)8-6-14/h2-8,15H,9-13H2,1H3,(H,23,25)(H,26,27). The Balaban J connectivity index is 1.71. The number of carbonyl (C=O) groups is 2. The van der Waals surface area contributed by atoms with Crippen molar-refractivity contribution in [3.8, 4) is 5.75 Å². The average Bonchev–Trinajstić information content (AvgIpc) is 2.69. The lowest BCUT2D eigenvalue weighted by Crippen LogP contribution is -2.35. The molecule has 2 aromatic rings. The van der Waals surface area contributed by atoms with Gasteiger partial charge in [-0.2, -0.15) is 0 Å². The summed E-state index contributed by atoms with van der Waals surface area (Å²) in [6, 6.07) is 10.8. The summed E-state index contributed by atoms with van der Waals surface area (Å²) in [7, 11) is 1.54. The Hall–Kier alpha value is -2.93. The lowest BCUT2D eigenvalue weighted by molar-refractivity contribution is -0.143. The van der Waals surface area contributed by atoms with Gasteiger partial charge in [-0.15, -0.1) is 0 Å². The Morgan fingerprint density at radius 1 is 1.18 bits per heavy atom. The zero-order chi connectivity index (χ0) is 20.1. The van der Waals surface area contributed by atoms with E-state index in [9.17, 15) is 14.0 Å². The van der Waals surface area contributed by atoms with Gasteiger partial charge in [0.15, 0.2) is 0 Å². The number of nitrogens with zero attached hydrogens (tertiary/aromatic N) is 1. The van der Waals surface area contributed by atoms with Crippen molar-refractivity contribution in [2.75, 3.05) is 25.5 Å². The molecule has 28 heavy (non-hydrogen) atoms. The molecule has 0 atom stereocenters. The van der Waals surface area contributed by atoms with Crippen LogP contribution in [0, 0.1) is 11.7 Å². The van der Waals surface area contributed by atoms with Crippen LogP contribution in [0.25, 0.3) is 0 Å². The third kappa shape index (κ3) is 4.67. The van der Waals surface area contributed by atoms with E-state index in [1.807, 2.05) is 12.1 Å². The average molecular weight is 386 g/mol. The largest absolute Gasteiger partial charge is 0.494 e. The van der Waals surface area contributed by atoms with Crippen molar-refractivity contribution in [1.82, 2.24) is 4.90 Å². The summed E-state index contributed by atoms with van der Waals surface area (Å²) < 4.78 is 18.6. The smallest absolute Gasteiger partial charge is 0.306 e. The first-order chi connectivity index (χ1) is 13.5. The number of amides is 1. The van der Waals surface area contributed by atoms with Gasteiger partial charge < -0.3 is 15.2 Å². The summed E-state index contributed by atoms with van der Waals surface area (Å²) in [6.45, 7) is 2.01. The molecule has 0 radical (unpaired) electrons. The number of hydrogen-bond donors (Lipinski definition) is 2. The highest BCUT2D eigenvalue weighted by Gasteiger charge is 2.25. The van der Waals surface area contributed by atoms with Gasteiger partial charge in [-0.1, -0.05) is 12.1 Å². The summed E-state index contributed by atoms with van der Waals surface area (Å²) in [4.78, 5) is 25.7. The second-order valence-electron chi connectivity index (χ2n) is 6.85. The van der Waals surface area contributed by atoms with Crippen molar-refractivity contribution in [3.63, 3.8) is 0 Å². The first-order valence-electron chi connectivity index (χ1n) is 9.16. The van der Waals surface area contributed by atoms with Crippen LogP contribution >= 0.6 is 0 Å². The molecule has 0 saturated carbocycles. The number of halogens is 1. The summed E-state index contributed by atoms with van der Waals surface area (Å²) in [5, 5.41) is 11.9. The number of carboxylic acids is 1. The molecule has 1 aliphatic heterocycles. The van der Waals surface area contributed by atoms with Gasteiger partial charge in [0.25, 0.3) is 5.91 Å². The molecule has 0 spiro atoms. The molecule has 1 aliphatic rings. The van der Waals surface area contributed by atoms with Crippen LogP contribution in [0.15, 0.2) is 42.5 Å². The maximum Gasteiger partial charge on any atom is 0.306 e. The summed E-state index contributed by atoms with van der Waals surface area (Å²) in [5.74, 6) is -1.19. The van der Waals surface area contributed by atoms with Gasteiger partial charge in [-0.3, -0.25) is 14.5 Å². The van der Waals surface area contributed by atoms with E-state index in [4.69, 9.17) is 9.84 Å². The fourth-order valence-electron chi connectivity index (χ4n) is 3.42. The van der Waals surface area contributed by atoms with Crippen molar-refractivity contribution in [2.24, 2.45) is 5.92 Å². The molecule has 1 saturated heterocycles. The molecule has 0 aromatic heterocycles. The number of aliphatic carboxylic acids is 1. The number of hydrogen-bond acceptors (Lipinski definition) is 4. The van der Waals surface area contributed by atoms with E-state index >= 15 is 0 Å². The minimum absolute atomic E-state index is 0.278. The molecule has 3 rings (SSSR count). The zero-order valence-corrected chi connectivity index (χ0v) is 15.7. The minimum Gasteiger partial charge on any atom is -0.494 e. The van der Waals surface area contributed by atoms with E-state index in [0.29, 0.717) is 49.5 Å². The maximum absolute atomic E-state index is 13.1. The summed E-state index contributed by atoms with van der Waals surface area (Å²) in [5.41, 5.74) is 1.80. The Kier molecular flexibility index (Phi) is 6.26. The number of benzene rings is 2. The molecule has 7 heteroatoms. The van der Waals surface area contributed by atoms with Gasteiger partial charge in [0.2, 0.25) is 0 Å². The monoisotopic (exact) mass is 386 g/mol. The Morgan fingerprint density at radius 2 is 1.86 bits per heavy atom. The van der Waals surface area contributed by atoms with Gasteiger partial charge in [0.1, 0.15) is 11.6 Å². The SMILES string of the molecule is COc1c(CN2CCC(C(=O)O)CC2)cccc1NC(=O)c1ccc(F)cc1. The van der Waals surface area contributed by atoms with E-state index in [2.05, 4.69) is 10.2 Å². The summed E-state index contributed by atoms with van der Waals surface area (Å²) in [6.07, 6.45) is 1.25. The van der Waals surface area contributed by atoms with Gasteiger partial charge in [0, 0.05) is 17.7 Å². The second kappa shape index (κ2) is 8.84. The van der Waals surface area contributed by atoms with E-state index in [1.165, 1.54) is 24.3 Å². The third-order valence-electron chi connectivity index (χ3n) is 4.99. The van der Waals surface area contributed by atoms with Crippen LogP contribution in [0.3, 0.4) is 0 Å². The number of methoxy groups -OCH3 is 1. The van der Waals surface area contributed by atoms with Crippen LogP contribution in [-0.4, -0.2) is 42.1 Å². The molecule has 148 valence electrons. The molecule has 0 unspecified atom stereocenters. The van der Waals surface area contributed by atoms with E-state index in [1.54, 1.807) is 13.2 Å². The molecular formula is C21H23FN2O4.